The maximum atomic E-state index is 12.5. The standard InChI is InChI=1S/C19H18Cl2O6/c1-3-25-18-15(21)6-11(7-16(18)23-2)19(22)26-9-13-5-14(20)4-12-8-24-10-27-17(12)13/h4-7H,3,8-10H2,1-2H3. The first kappa shape index (κ1) is 19.6. The molecule has 2 aromatic rings. The van der Waals surface area contributed by atoms with Crippen LogP contribution in [0.1, 0.15) is 28.4 Å². The summed E-state index contributed by atoms with van der Waals surface area (Å²) in [7, 11) is 1.47. The molecule has 0 atom stereocenters. The molecular formula is C19H18Cl2O6. The van der Waals surface area contributed by atoms with Gasteiger partial charge in [-0.05, 0) is 31.2 Å². The Morgan fingerprint density at radius 2 is 2.04 bits per heavy atom. The van der Waals surface area contributed by atoms with Crippen LogP contribution >= 0.6 is 23.2 Å². The summed E-state index contributed by atoms with van der Waals surface area (Å²) in [6.45, 7) is 2.78. The second-order valence-electron chi connectivity index (χ2n) is 5.66. The lowest BCUT2D eigenvalue weighted by Gasteiger charge is -2.21. The van der Waals surface area contributed by atoms with Crippen molar-refractivity contribution in [2.24, 2.45) is 0 Å². The molecule has 27 heavy (non-hydrogen) atoms. The molecule has 3 rings (SSSR count). The van der Waals surface area contributed by atoms with Crippen LogP contribution in [0.25, 0.3) is 0 Å². The minimum Gasteiger partial charge on any atom is -0.493 e. The Hall–Kier alpha value is -2.15. The van der Waals surface area contributed by atoms with Gasteiger partial charge in [-0.2, -0.15) is 0 Å². The highest BCUT2D eigenvalue weighted by molar-refractivity contribution is 6.32. The summed E-state index contributed by atoms with van der Waals surface area (Å²) in [5, 5.41) is 0.781. The van der Waals surface area contributed by atoms with Gasteiger partial charge in [0.05, 0.1) is 30.9 Å². The Morgan fingerprint density at radius 1 is 1.22 bits per heavy atom. The van der Waals surface area contributed by atoms with Gasteiger partial charge in [-0.1, -0.05) is 23.2 Å². The molecule has 1 heterocycles. The highest BCUT2D eigenvalue weighted by atomic mass is 35.5. The van der Waals surface area contributed by atoms with Gasteiger partial charge in [-0.3, -0.25) is 0 Å². The molecule has 1 aliphatic rings. The molecule has 0 saturated heterocycles. The van der Waals surface area contributed by atoms with Crippen LogP contribution in [0, 0.1) is 0 Å². The highest BCUT2D eigenvalue weighted by Gasteiger charge is 2.20. The van der Waals surface area contributed by atoms with E-state index in [4.69, 9.17) is 46.9 Å². The molecular weight excluding hydrogens is 395 g/mol. The van der Waals surface area contributed by atoms with Crippen LogP contribution in [0.5, 0.6) is 17.2 Å². The molecule has 0 bridgehead atoms. The smallest absolute Gasteiger partial charge is 0.338 e. The van der Waals surface area contributed by atoms with E-state index in [1.165, 1.54) is 19.2 Å². The summed E-state index contributed by atoms with van der Waals surface area (Å²) in [4.78, 5) is 12.5. The Labute approximate surface area is 166 Å². The van der Waals surface area contributed by atoms with Crippen molar-refractivity contribution in [3.63, 3.8) is 0 Å². The number of halogens is 2. The minimum absolute atomic E-state index is 0.00509. The fourth-order valence-corrected chi connectivity index (χ4v) is 3.24. The number of fused-ring (bicyclic) bond motifs is 1. The van der Waals surface area contributed by atoms with Crippen molar-refractivity contribution in [1.29, 1.82) is 0 Å². The maximum absolute atomic E-state index is 12.5. The van der Waals surface area contributed by atoms with Gasteiger partial charge in [0.15, 0.2) is 18.3 Å². The zero-order chi connectivity index (χ0) is 19.4. The number of benzene rings is 2. The number of esters is 1. The molecule has 144 valence electrons. The molecule has 1 aliphatic heterocycles. The van der Waals surface area contributed by atoms with Gasteiger partial charge in [0.2, 0.25) is 0 Å². The molecule has 6 nitrogen and oxygen atoms in total. The van der Waals surface area contributed by atoms with Gasteiger partial charge in [0.25, 0.3) is 0 Å². The van der Waals surface area contributed by atoms with Gasteiger partial charge in [0.1, 0.15) is 12.4 Å². The predicted molar refractivity (Wildman–Crippen MR) is 100 cm³/mol. The molecule has 0 saturated carbocycles. The largest absolute Gasteiger partial charge is 0.493 e. The fourth-order valence-electron chi connectivity index (χ4n) is 2.71. The maximum Gasteiger partial charge on any atom is 0.338 e. The topological polar surface area (TPSA) is 63.2 Å². The van der Waals surface area contributed by atoms with E-state index in [0.29, 0.717) is 41.0 Å². The normalized spacial score (nSPS) is 12.7. The van der Waals surface area contributed by atoms with Crippen molar-refractivity contribution < 1.29 is 28.5 Å². The number of rotatable bonds is 6. The Balaban J connectivity index is 1.79. The van der Waals surface area contributed by atoms with Crippen molar-refractivity contribution in [3.05, 3.63) is 51.0 Å². The molecule has 0 amide bonds. The molecule has 8 heteroatoms. The Bertz CT molecular complexity index is 853. The minimum atomic E-state index is -0.556. The van der Waals surface area contributed by atoms with Crippen molar-refractivity contribution in [1.82, 2.24) is 0 Å². The average molecular weight is 413 g/mol. The third kappa shape index (κ3) is 4.40. The lowest BCUT2D eigenvalue weighted by molar-refractivity contribution is -0.0180. The second-order valence-corrected chi connectivity index (χ2v) is 6.51. The van der Waals surface area contributed by atoms with E-state index in [0.717, 1.165) is 5.56 Å². The average Bonchev–Trinajstić information content (AvgIpc) is 2.67. The van der Waals surface area contributed by atoms with Gasteiger partial charge >= 0.3 is 5.97 Å². The van der Waals surface area contributed by atoms with Crippen molar-refractivity contribution >= 4 is 29.2 Å². The van der Waals surface area contributed by atoms with E-state index >= 15 is 0 Å². The molecule has 0 unspecified atom stereocenters. The lowest BCUT2D eigenvalue weighted by Crippen LogP contribution is -2.14. The van der Waals surface area contributed by atoms with Gasteiger partial charge in [0, 0.05) is 16.1 Å². The van der Waals surface area contributed by atoms with Crippen LogP contribution in [0.2, 0.25) is 10.0 Å². The summed E-state index contributed by atoms with van der Waals surface area (Å²) in [5.74, 6) is 0.812. The van der Waals surface area contributed by atoms with E-state index in [2.05, 4.69) is 0 Å². The van der Waals surface area contributed by atoms with Crippen LogP contribution in [-0.2, 0) is 22.7 Å². The first-order valence-corrected chi connectivity index (χ1v) is 8.98. The Kier molecular flexibility index (Phi) is 6.31. The van der Waals surface area contributed by atoms with Gasteiger partial charge in [-0.25, -0.2) is 4.79 Å². The zero-order valence-corrected chi connectivity index (χ0v) is 16.4. The first-order chi connectivity index (χ1) is 13.0. The summed E-state index contributed by atoms with van der Waals surface area (Å²) in [6.07, 6.45) is 0. The van der Waals surface area contributed by atoms with Crippen LogP contribution in [0.4, 0.5) is 0 Å². The molecule has 0 aromatic heterocycles. The molecule has 0 spiro atoms. The van der Waals surface area contributed by atoms with Crippen molar-refractivity contribution in [2.45, 2.75) is 20.1 Å². The number of carbonyl (C=O) groups is 1. The van der Waals surface area contributed by atoms with Crippen molar-refractivity contribution in [3.8, 4) is 17.2 Å². The summed E-state index contributed by atoms with van der Waals surface area (Å²) in [5.41, 5.74) is 1.73. The SMILES string of the molecule is CCOc1c(Cl)cc(C(=O)OCc2cc(Cl)cc3c2OCOC3)cc1OC. The molecule has 0 radical (unpaired) electrons. The summed E-state index contributed by atoms with van der Waals surface area (Å²) < 4.78 is 26.9. The van der Waals surface area contributed by atoms with E-state index in [1.807, 2.05) is 6.92 Å². The highest BCUT2D eigenvalue weighted by Crippen LogP contribution is 2.37. The number of hydrogen-bond donors (Lipinski definition) is 0. The quantitative estimate of drug-likeness (QED) is 0.644. The lowest BCUT2D eigenvalue weighted by atomic mass is 10.1. The van der Waals surface area contributed by atoms with Crippen LogP contribution < -0.4 is 14.2 Å². The van der Waals surface area contributed by atoms with Crippen molar-refractivity contribution in [2.75, 3.05) is 20.5 Å². The van der Waals surface area contributed by atoms with Gasteiger partial charge < -0.3 is 23.7 Å². The van der Waals surface area contributed by atoms with Crippen LogP contribution in [0.3, 0.4) is 0 Å². The summed E-state index contributed by atoms with van der Waals surface area (Å²) in [6, 6.07) is 6.47. The number of methoxy groups -OCH3 is 1. The monoisotopic (exact) mass is 412 g/mol. The first-order valence-electron chi connectivity index (χ1n) is 8.22. The zero-order valence-electron chi connectivity index (χ0n) is 14.8. The number of carbonyl (C=O) groups excluding carboxylic acids is 1. The van der Waals surface area contributed by atoms with Crippen LogP contribution in [-0.4, -0.2) is 26.5 Å². The molecule has 0 aliphatic carbocycles. The fraction of sp³-hybridized carbons (Fsp3) is 0.316. The summed E-state index contributed by atoms with van der Waals surface area (Å²) >= 11 is 12.3. The number of hydrogen-bond acceptors (Lipinski definition) is 6. The predicted octanol–water partition coefficient (Wildman–Crippen LogP) is 4.62. The van der Waals surface area contributed by atoms with Gasteiger partial charge in [-0.15, -0.1) is 0 Å². The van der Waals surface area contributed by atoms with E-state index in [1.54, 1.807) is 12.1 Å². The van der Waals surface area contributed by atoms with E-state index < -0.39 is 5.97 Å². The molecule has 2 aromatic carbocycles. The third-order valence-electron chi connectivity index (χ3n) is 3.86. The second kappa shape index (κ2) is 8.69. The molecule has 0 N–H and O–H groups in total. The Morgan fingerprint density at radius 3 is 2.78 bits per heavy atom. The van der Waals surface area contributed by atoms with E-state index in [-0.39, 0.29) is 24.0 Å². The van der Waals surface area contributed by atoms with E-state index in [9.17, 15) is 4.79 Å². The number of ether oxygens (including phenoxy) is 5. The third-order valence-corrected chi connectivity index (χ3v) is 4.36. The molecule has 0 fully saturated rings. The van der Waals surface area contributed by atoms with Crippen LogP contribution in [0.15, 0.2) is 24.3 Å².